The van der Waals surface area contributed by atoms with E-state index in [9.17, 15) is 80.8 Å². The number of esters is 2. The number of aromatic hydroxyl groups is 13. The second kappa shape index (κ2) is 15.0. The molecule has 2 heterocycles. The van der Waals surface area contributed by atoms with E-state index in [4.69, 9.17) is 18.9 Å². The number of fused-ring (bicyclic) bond motifs is 3. The zero-order chi connectivity index (χ0) is 45.3. The first-order valence-electron chi connectivity index (χ1n) is 18.4. The Morgan fingerprint density at radius 3 is 1.38 bits per heavy atom. The average molecular weight is 869 g/mol. The first-order chi connectivity index (χ1) is 29.8. The Labute approximate surface area is 351 Å². The van der Waals surface area contributed by atoms with Crippen LogP contribution in [-0.4, -0.2) is 90.5 Å². The number of carbonyl (C=O) groups is 2. The van der Waals surface area contributed by atoms with Crippen LogP contribution in [0.4, 0.5) is 0 Å². The van der Waals surface area contributed by atoms with E-state index in [-0.39, 0.29) is 45.6 Å². The van der Waals surface area contributed by atoms with Crippen LogP contribution in [0, 0.1) is 0 Å². The lowest BCUT2D eigenvalue weighted by Gasteiger charge is -2.35. The molecule has 0 aromatic heterocycles. The van der Waals surface area contributed by atoms with Gasteiger partial charge in [0, 0.05) is 59.4 Å². The molecule has 13 N–H and O–H groups in total. The lowest BCUT2D eigenvalue weighted by molar-refractivity contribution is -0.0193. The van der Waals surface area contributed by atoms with Gasteiger partial charge >= 0.3 is 11.9 Å². The van der Waals surface area contributed by atoms with Crippen LogP contribution in [0.15, 0.2) is 71.5 Å². The molecule has 0 fully saturated rings. The van der Waals surface area contributed by atoms with E-state index in [1.807, 2.05) is 0 Å². The molecule has 0 unspecified atom stereocenters. The highest BCUT2D eigenvalue weighted by Gasteiger charge is 2.41. The van der Waals surface area contributed by atoms with Gasteiger partial charge in [-0.2, -0.15) is 0 Å². The van der Waals surface area contributed by atoms with Crippen molar-refractivity contribution in [3.05, 3.63) is 110 Å². The number of phenols is 12. The fraction of sp³-hybridized carbons (Fsp3) is 0.140. The Morgan fingerprint density at radius 2 is 0.905 bits per heavy atom. The number of phenolic OH excluding ortho intramolecular Hbond substituents is 12. The summed E-state index contributed by atoms with van der Waals surface area (Å²) in [5.41, 5.74) is -2.63. The zero-order valence-electron chi connectivity index (χ0n) is 31.7. The SMILES string of the molecule is O=C(O[C@H]1Cc2c(O)cc(O)cc2O[C@@H]1c1cc(=O)c(O)c2c(O)c(O)cc([C@H]3Oc4cc(O)cc(O)c4C[C@@H]3OC(=O)c3cc(O)c(O)c(O)c3)c2c1)c1cc(O)c(O)c(O)c1. The van der Waals surface area contributed by atoms with Gasteiger partial charge in [0.15, 0.2) is 64.0 Å². The fourth-order valence-electron chi connectivity index (χ4n) is 7.54. The lowest BCUT2D eigenvalue weighted by atomic mass is 9.89. The summed E-state index contributed by atoms with van der Waals surface area (Å²) >= 11 is 0. The molecule has 63 heavy (non-hydrogen) atoms. The number of hydrogen-bond donors (Lipinski definition) is 13. The molecule has 6 aromatic rings. The maximum absolute atomic E-state index is 13.8. The molecule has 0 aliphatic carbocycles. The molecule has 0 saturated heterocycles. The summed E-state index contributed by atoms with van der Waals surface area (Å²) in [5.74, 6) is -13.3. The Morgan fingerprint density at radius 1 is 0.476 bits per heavy atom. The first kappa shape index (κ1) is 40.9. The van der Waals surface area contributed by atoms with Gasteiger partial charge in [-0.25, -0.2) is 9.59 Å². The molecule has 0 radical (unpaired) electrons. The minimum atomic E-state index is -1.65. The Bertz CT molecular complexity index is 2950. The van der Waals surface area contributed by atoms with Crippen molar-refractivity contribution in [2.75, 3.05) is 0 Å². The number of carbonyl (C=O) groups excluding carboxylic acids is 2. The fourth-order valence-corrected chi connectivity index (χ4v) is 7.54. The third kappa shape index (κ3) is 7.19. The van der Waals surface area contributed by atoms with E-state index in [1.165, 1.54) is 0 Å². The highest BCUT2D eigenvalue weighted by atomic mass is 16.6. The van der Waals surface area contributed by atoms with Crippen molar-refractivity contribution in [3.8, 4) is 86.2 Å². The quantitative estimate of drug-likeness (QED) is 0.0824. The summed E-state index contributed by atoms with van der Waals surface area (Å²) < 4.78 is 23.9. The highest BCUT2D eigenvalue weighted by molar-refractivity contribution is 5.98. The lowest BCUT2D eigenvalue weighted by Crippen LogP contribution is -2.35. The van der Waals surface area contributed by atoms with E-state index in [0.717, 1.165) is 66.7 Å². The first-order valence-corrected chi connectivity index (χ1v) is 18.4. The van der Waals surface area contributed by atoms with E-state index in [2.05, 4.69) is 0 Å². The van der Waals surface area contributed by atoms with E-state index in [1.54, 1.807) is 0 Å². The van der Waals surface area contributed by atoms with Gasteiger partial charge in [-0.05, 0) is 47.9 Å². The van der Waals surface area contributed by atoms with Crippen LogP contribution in [0.3, 0.4) is 0 Å². The number of hydrogen-bond acceptors (Lipinski definition) is 20. The zero-order valence-corrected chi connectivity index (χ0v) is 31.7. The smallest absolute Gasteiger partial charge is 0.338 e. The Hall–Kier alpha value is -8.81. The third-order valence-corrected chi connectivity index (χ3v) is 10.5. The van der Waals surface area contributed by atoms with Crippen molar-refractivity contribution < 1.29 is 94.9 Å². The summed E-state index contributed by atoms with van der Waals surface area (Å²) in [6.07, 6.45) is -7.16. The van der Waals surface area contributed by atoms with Crippen molar-refractivity contribution in [1.82, 2.24) is 0 Å². The number of ether oxygens (including phenoxy) is 4. The minimum Gasteiger partial charge on any atom is -0.508 e. The standard InChI is InChI=1S/C43H32O20/c44-17-7-23(46)21-12-33(62-42(58)15-3-25(48)36(54)26(49)4-15)40(60-31(21)9-17)14-1-19-20(11-30(53)39(57)35(19)38(56)29(52)2-14)41-34(13-22-24(47)8-18(45)10-32(22)61-41)63-43(59)16-5-27(50)37(55)28(51)6-16/h1-11,33-34,40-41,44-51,53-55,57H,12-13H2,(H,52,56)/t33-,34-,40+,41+/m0/s1. The van der Waals surface area contributed by atoms with E-state index in [0.29, 0.717) is 0 Å². The predicted octanol–water partition coefficient (Wildman–Crippen LogP) is 4.18. The van der Waals surface area contributed by atoms with E-state index >= 15 is 0 Å². The molecule has 324 valence electrons. The molecule has 2 aliphatic rings. The van der Waals surface area contributed by atoms with Gasteiger partial charge in [-0.15, -0.1) is 0 Å². The third-order valence-electron chi connectivity index (χ3n) is 10.5. The summed E-state index contributed by atoms with van der Waals surface area (Å²) in [6, 6.07) is 10.2. The molecule has 0 spiro atoms. The molecule has 0 amide bonds. The molecule has 4 atom stereocenters. The van der Waals surface area contributed by atoms with Crippen LogP contribution >= 0.6 is 0 Å². The second-order valence-corrected chi connectivity index (χ2v) is 14.6. The molecule has 8 rings (SSSR count). The van der Waals surface area contributed by atoms with Crippen LogP contribution < -0.4 is 14.9 Å². The van der Waals surface area contributed by atoms with Crippen molar-refractivity contribution in [3.63, 3.8) is 0 Å². The van der Waals surface area contributed by atoms with E-state index < -0.39 is 139 Å². The number of benzene rings is 5. The highest BCUT2D eigenvalue weighted by Crippen LogP contribution is 2.50. The molecule has 2 aliphatic heterocycles. The molecule has 0 saturated carbocycles. The normalized spacial score (nSPS) is 17.7. The van der Waals surface area contributed by atoms with Crippen LogP contribution in [0.2, 0.25) is 0 Å². The molecule has 6 aromatic carbocycles. The van der Waals surface area contributed by atoms with Crippen molar-refractivity contribution in [1.29, 1.82) is 0 Å². The largest absolute Gasteiger partial charge is 0.508 e. The van der Waals surface area contributed by atoms with Gasteiger partial charge in [0.1, 0.15) is 46.7 Å². The second-order valence-electron chi connectivity index (χ2n) is 14.6. The summed E-state index contributed by atoms with van der Waals surface area (Å²) in [4.78, 5) is 40.9. The van der Waals surface area contributed by atoms with Gasteiger partial charge in [0.25, 0.3) is 0 Å². The van der Waals surface area contributed by atoms with Crippen LogP contribution in [-0.2, 0) is 22.3 Å². The summed E-state index contributed by atoms with van der Waals surface area (Å²) in [6.45, 7) is 0. The number of rotatable bonds is 6. The molecular formula is C43H32O20. The Balaban J connectivity index is 1.31. The van der Waals surface area contributed by atoms with Gasteiger partial charge in [-0.3, -0.25) is 4.79 Å². The summed E-state index contributed by atoms with van der Waals surface area (Å²) in [5, 5.41) is 135. The van der Waals surface area contributed by atoms with Gasteiger partial charge < -0.3 is 85.3 Å². The minimum absolute atomic E-state index is 0.00203. The average Bonchev–Trinajstić information content (AvgIpc) is 3.35. The van der Waals surface area contributed by atoms with Crippen molar-refractivity contribution in [2.24, 2.45) is 0 Å². The van der Waals surface area contributed by atoms with Gasteiger partial charge in [0.2, 0.25) is 5.43 Å². The molecule has 0 bridgehead atoms. The van der Waals surface area contributed by atoms with Gasteiger partial charge in [0.05, 0.1) is 16.5 Å². The maximum Gasteiger partial charge on any atom is 0.338 e. The monoisotopic (exact) mass is 868 g/mol. The predicted molar refractivity (Wildman–Crippen MR) is 210 cm³/mol. The van der Waals surface area contributed by atoms with Crippen LogP contribution in [0.25, 0.3) is 10.8 Å². The van der Waals surface area contributed by atoms with Crippen LogP contribution in [0.5, 0.6) is 86.2 Å². The molecular weight excluding hydrogens is 836 g/mol. The van der Waals surface area contributed by atoms with Crippen molar-refractivity contribution in [2.45, 2.75) is 37.3 Å². The molecule has 20 heteroatoms. The van der Waals surface area contributed by atoms with Crippen LogP contribution in [0.1, 0.15) is 55.2 Å². The maximum atomic E-state index is 13.8. The topological polar surface area (TPSA) is 351 Å². The van der Waals surface area contributed by atoms with Crippen molar-refractivity contribution >= 4 is 22.7 Å². The summed E-state index contributed by atoms with van der Waals surface area (Å²) in [7, 11) is 0. The van der Waals surface area contributed by atoms with Gasteiger partial charge in [-0.1, -0.05) is 0 Å². The molecule has 20 nitrogen and oxygen atoms in total. The Kier molecular flexibility index (Phi) is 9.77.